The molecule has 1 aliphatic rings. The van der Waals surface area contributed by atoms with Gasteiger partial charge in [0, 0.05) is 32.4 Å². The van der Waals surface area contributed by atoms with Gasteiger partial charge in [-0.15, -0.1) is 11.3 Å². The number of carbonyl (C=O) groups excluding carboxylic acids is 1. The van der Waals surface area contributed by atoms with E-state index in [0.29, 0.717) is 23.9 Å². The van der Waals surface area contributed by atoms with Crippen LogP contribution in [-0.2, 0) is 17.8 Å². The molecule has 1 amide bonds. The maximum absolute atomic E-state index is 12.4. The van der Waals surface area contributed by atoms with Crippen LogP contribution in [0, 0.1) is 6.92 Å². The molecule has 0 unspecified atom stereocenters. The Hall–Kier alpha value is -2.71. The fourth-order valence-electron chi connectivity index (χ4n) is 3.50. The molecule has 3 aromatic rings. The van der Waals surface area contributed by atoms with Gasteiger partial charge in [-0.05, 0) is 50.0 Å². The molecule has 1 aliphatic heterocycles. The van der Waals surface area contributed by atoms with E-state index in [-0.39, 0.29) is 12.3 Å². The number of nitrogens with zero attached hydrogens (tertiary/aromatic N) is 4. The monoisotopic (exact) mass is 425 g/mol. The number of oxazole rings is 1. The Balaban J connectivity index is 1.30. The van der Waals surface area contributed by atoms with Crippen LogP contribution in [0.3, 0.4) is 0 Å². The van der Waals surface area contributed by atoms with E-state index in [1.54, 1.807) is 11.3 Å². The first-order valence-corrected chi connectivity index (χ1v) is 11.1. The Morgan fingerprint density at radius 3 is 2.90 bits per heavy atom. The van der Waals surface area contributed by atoms with Crippen LogP contribution in [0.2, 0.25) is 0 Å². The van der Waals surface area contributed by atoms with Crippen LogP contribution in [0.5, 0.6) is 0 Å². The predicted molar refractivity (Wildman–Crippen MR) is 119 cm³/mol. The van der Waals surface area contributed by atoms with Crippen molar-refractivity contribution in [3.05, 3.63) is 52.9 Å². The molecule has 7 nitrogen and oxygen atoms in total. The van der Waals surface area contributed by atoms with Crippen LogP contribution in [0.15, 0.2) is 40.3 Å². The molecule has 0 aromatic carbocycles. The number of thiophene rings is 1. The number of anilines is 1. The van der Waals surface area contributed by atoms with Crippen LogP contribution < -0.4 is 10.2 Å². The van der Waals surface area contributed by atoms with Gasteiger partial charge in [-0.3, -0.25) is 4.79 Å². The minimum Gasteiger partial charge on any atom is -0.440 e. The van der Waals surface area contributed by atoms with Gasteiger partial charge in [0.2, 0.25) is 11.8 Å². The number of hydrogen-bond donors (Lipinski definition) is 1. The number of likely N-dealkylation sites (N-methyl/N-ethyl adjacent to an activating group) is 1. The molecular formula is C22H27N5O2S. The summed E-state index contributed by atoms with van der Waals surface area (Å²) >= 11 is 1.57. The number of aryl methyl sites for hydroxylation is 1. The molecule has 0 spiro atoms. The van der Waals surface area contributed by atoms with Crippen LogP contribution in [-0.4, -0.2) is 54.0 Å². The first-order chi connectivity index (χ1) is 14.6. The highest BCUT2D eigenvalue weighted by Crippen LogP contribution is 2.26. The van der Waals surface area contributed by atoms with Crippen molar-refractivity contribution in [1.82, 2.24) is 20.2 Å². The van der Waals surface area contributed by atoms with Crippen LogP contribution in [0.4, 0.5) is 5.82 Å². The van der Waals surface area contributed by atoms with Gasteiger partial charge in [0.1, 0.15) is 11.6 Å². The molecule has 0 aliphatic carbocycles. The zero-order valence-electron chi connectivity index (χ0n) is 17.4. The van der Waals surface area contributed by atoms with E-state index in [4.69, 9.17) is 4.42 Å². The van der Waals surface area contributed by atoms with Crippen molar-refractivity contribution in [3.8, 4) is 10.8 Å². The standard InChI is InChI=1S/C22H27N5O2S/c1-16-18(25-22(29-16)19-5-3-12-30-19)13-21(28)24-15-17-6-7-20(23-14-17)27-9-4-8-26(2)10-11-27/h3,5-7,12,14H,4,8-11,13,15H2,1-2H3,(H,24,28). The van der Waals surface area contributed by atoms with Crippen molar-refractivity contribution in [2.45, 2.75) is 26.3 Å². The average molecular weight is 426 g/mol. The number of pyridine rings is 1. The Morgan fingerprint density at radius 1 is 1.23 bits per heavy atom. The zero-order chi connectivity index (χ0) is 20.9. The summed E-state index contributed by atoms with van der Waals surface area (Å²) in [7, 11) is 2.16. The fourth-order valence-corrected chi connectivity index (χ4v) is 4.15. The molecule has 0 radical (unpaired) electrons. The highest BCUT2D eigenvalue weighted by Gasteiger charge is 2.16. The zero-order valence-corrected chi connectivity index (χ0v) is 18.2. The van der Waals surface area contributed by atoms with Gasteiger partial charge in [0.25, 0.3) is 0 Å². The summed E-state index contributed by atoms with van der Waals surface area (Å²) in [5, 5.41) is 4.93. The van der Waals surface area contributed by atoms with Crippen molar-refractivity contribution in [3.63, 3.8) is 0 Å². The molecule has 158 valence electrons. The van der Waals surface area contributed by atoms with E-state index in [9.17, 15) is 4.79 Å². The minimum absolute atomic E-state index is 0.0799. The number of aromatic nitrogens is 2. The molecular weight excluding hydrogens is 398 g/mol. The van der Waals surface area contributed by atoms with Gasteiger partial charge in [0.05, 0.1) is 17.0 Å². The predicted octanol–water partition coefficient (Wildman–Crippen LogP) is 3.11. The van der Waals surface area contributed by atoms with Gasteiger partial charge in [-0.2, -0.15) is 0 Å². The van der Waals surface area contributed by atoms with Gasteiger partial charge in [-0.1, -0.05) is 12.1 Å². The lowest BCUT2D eigenvalue weighted by molar-refractivity contribution is -0.120. The number of rotatable bonds is 6. The van der Waals surface area contributed by atoms with Gasteiger partial charge < -0.3 is 19.5 Å². The van der Waals surface area contributed by atoms with E-state index < -0.39 is 0 Å². The summed E-state index contributed by atoms with van der Waals surface area (Å²) in [6.07, 6.45) is 3.19. The van der Waals surface area contributed by atoms with Crippen LogP contribution in [0.25, 0.3) is 10.8 Å². The third-order valence-corrected chi connectivity index (χ3v) is 6.15. The Bertz CT molecular complexity index is 968. The van der Waals surface area contributed by atoms with Crippen molar-refractivity contribution < 1.29 is 9.21 Å². The fraction of sp³-hybridized carbons (Fsp3) is 0.409. The molecule has 0 atom stereocenters. The third-order valence-electron chi connectivity index (χ3n) is 5.29. The van der Waals surface area contributed by atoms with Gasteiger partial charge >= 0.3 is 0 Å². The molecule has 30 heavy (non-hydrogen) atoms. The molecule has 0 saturated carbocycles. The van der Waals surface area contributed by atoms with E-state index in [2.05, 4.69) is 32.1 Å². The maximum Gasteiger partial charge on any atom is 0.236 e. The third kappa shape index (κ3) is 5.06. The van der Waals surface area contributed by atoms with Crippen molar-refractivity contribution >= 4 is 23.1 Å². The number of amides is 1. The highest BCUT2D eigenvalue weighted by atomic mass is 32.1. The topological polar surface area (TPSA) is 74.5 Å². The largest absolute Gasteiger partial charge is 0.440 e. The van der Waals surface area contributed by atoms with Gasteiger partial charge in [-0.25, -0.2) is 9.97 Å². The normalized spacial score (nSPS) is 15.2. The average Bonchev–Trinajstić information content (AvgIpc) is 3.34. The van der Waals surface area contributed by atoms with Crippen LogP contribution in [0.1, 0.15) is 23.4 Å². The minimum atomic E-state index is -0.0799. The first kappa shape index (κ1) is 20.6. The first-order valence-electron chi connectivity index (χ1n) is 10.2. The molecule has 1 N–H and O–H groups in total. The Kier molecular flexibility index (Phi) is 6.44. The summed E-state index contributed by atoms with van der Waals surface area (Å²) in [6.45, 7) is 6.48. The lowest BCUT2D eigenvalue weighted by Crippen LogP contribution is -2.29. The molecule has 1 fully saturated rings. The van der Waals surface area contributed by atoms with E-state index >= 15 is 0 Å². The Morgan fingerprint density at radius 2 is 2.13 bits per heavy atom. The molecule has 4 rings (SSSR count). The summed E-state index contributed by atoms with van der Waals surface area (Å²) in [4.78, 5) is 27.1. The van der Waals surface area contributed by atoms with Crippen LogP contribution >= 0.6 is 11.3 Å². The maximum atomic E-state index is 12.4. The summed E-state index contributed by atoms with van der Waals surface area (Å²) in [5.74, 6) is 2.18. The number of nitrogens with one attached hydrogen (secondary N) is 1. The molecule has 1 saturated heterocycles. The quantitative estimate of drug-likeness (QED) is 0.654. The molecule has 0 bridgehead atoms. The van der Waals surface area contributed by atoms with Crippen molar-refractivity contribution in [1.29, 1.82) is 0 Å². The van der Waals surface area contributed by atoms with Crippen molar-refractivity contribution in [2.24, 2.45) is 0 Å². The second kappa shape index (κ2) is 9.40. The van der Waals surface area contributed by atoms with Crippen molar-refractivity contribution in [2.75, 3.05) is 38.1 Å². The second-order valence-corrected chi connectivity index (χ2v) is 8.57. The second-order valence-electron chi connectivity index (χ2n) is 7.62. The number of carbonyl (C=O) groups is 1. The molecule has 8 heteroatoms. The summed E-state index contributed by atoms with van der Waals surface area (Å²) < 4.78 is 5.71. The van der Waals surface area contributed by atoms with Gasteiger partial charge in [0.15, 0.2) is 0 Å². The summed E-state index contributed by atoms with van der Waals surface area (Å²) in [5.41, 5.74) is 1.66. The van der Waals surface area contributed by atoms with E-state index in [0.717, 1.165) is 48.9 Å². The number of hydrogen-bond acceptors (Lipinski definition) is 7. The smallest absolute Gasteiger partial charge is 0.236 e. The highest BCUT2D eigenvalue weighted by molar-refractivity contribution is 7.13. The van der Waals surface area contributed by atoms with E-state index in [1.165, 1.54) is 0 Å². The van der Waals surface area contributed by atoms with E-state index in [1.807, 2.05) is 42.8 Å². The molecule has 3 aromatic heterocycles. The SMILES string of the molecule is Cc1oc(-c2cccs2)nc1CC(=O)NCc1ccc(N2CCCN(C)CC2)nc1. The lowest BCUT2D eigenvalue weighted by Gasteiger charge is -2.21. The lowest BCUT2D eigenvalue weighted by atomic mass is 10.2. The Labute approximate surface area is 180 Å². The summed E-state index contributed by atoms with van der Waals surface area (Å²) in [6, 6.07) is 7.99. The molecule has 4 heterocycles.